The lowest BCUT2D eigenvalue weighted by Gasteiger charge is -2.26. The van der Waals surface area contributed by atoms with Crippen LogP contribution in [0.25, 0.3) is 0 Å². The summed E-state index contributed by atoms with van der Waals surface area (Å²) in [5.41, 5.74) is 1.84. The largest absolute Gasteiger partial charge is 0.423 e. The van der Waals surface area contributed by atoms with E-state index < -0.39 is 0 Å². The van der Waals surface area contributed by atoms with Crippen LogP contribution in [0.4, 0.5) is 0 Å². The molecule has 0 unspecified atom stereocenters. The van der Waals surface area contributed by atoms with Crippen LogP contribution in [-0.4, -0.2) is 5.97 Å². The summed E-state index contributed by atoms with van der Waals surface area (Å²) in [5, 5.41) is 0. The zero-order chi connectivity index (χ0) is 21.9. The fourth-order valence-electron chi connectivity index (χ4n) is 4.37. The summed E-state index contributed by atoms with van der Waals surface area (Å²) in [7, 11) is 0. The number of aryl methyl sites for hydroxylation is 1. The van der Waals surface area contributed by atoms with Crippen LogP contribution in [0.5, 0.6) is 5.75 Å². The van der Waals surface area contributed by atoms with E-state index in [9.17, 15) is 4.79 Å². The maximum Gasteiger partial charge on any atom is 0.343 e. The van der Waals surface area contributed by atoms with E-state index in [-0.39, 0.29) is 5.97 Å². The van der Waals surface area contributed by atoms with Gasteiger partial charge in [-0.05, 0) is 92.3 Å². The molecule has 1 aliphatic carbocycles. The molecule has 0 amide bonds. The monoisotopic (exact) mass is 482 g/mol. The summed E-state index contributed by atoms with van der Waals surface area (Å²) in [4.78, 5) is 12.3. The van der Waals surface area contributed by atoms with Crippen molar-refractivity contribution in [2.24, 2.45) is 11.8 Å². The van der Waals surface area contributed by atoms with E-state index in [4.69, 9.17) is 4.74 Å². The Hall–Kier alpha value is -1.87. The summed E-state index contributed by atoms with van der Waals surface area (Å²) in [5.74, 6) is 1.99. The van der Waals surface area contributed by atoms with Gasteiger partial charge in [0.15, 0.2) is 0 Å². The number of halogens is 1. The Bertz CT molecular complexity index is 815. The molecule has 3 heteroatoms. The van der Waals surface area contributed by atoms with Gasteiger partial charge >= 0.3 is 5.97 Å². The number of hydrogen-bond acceptors (Lipinski definition) is 2. The molecule has 0 aromatic heterocycles. The summed E-state index contributed by atoms with van der Waals surface area (Å²) >= 11 is 3.38. The number of benzene rings is 2. The lowest BCUT2D eigenvalue weighted by molar-refractivity contribution is 0.0734. The van der Waals surface area contributed by atoms with Gasteiger partial charge in [0.05, 0.1) is 5.56 Å². The molecule has 2 aromatic carbocycles. The number of unbranched alkanes of at least 4 members (excludes halogenated alkanes) is 2. The molecular formula is C28H35BrO2. The van der Waals surface area contributed by atoms with Gasteiger partial charge in [-0.1, -0.05) is 72.8 Å². The van der Waals surface area contributed by atoms with Crippen LogP contribution in [0.3, 0.4) is 0 Å². The van der Waals surface area contributed by atoms with Crippen LogP contribution >= 0.6 is 15.9 Å². The third-order valence-corrected chi connectivity index (χ3v) is 6.86. The second-order valence-corrected chi connectivity index (χ2v) is 9.70. The van der Waals surface area contributed by atoms with Crippen LogP contribution in [0, 0.1) is 11.8 Å². The van der Waals surface area contributed by atoms with E-state index in [1.165, 1.54) is 56.9 Å². The van der Waals surface area contributed by atoms with Gasteiger partial charge in [0, 0.05) is 4.47 Å². The van der Waals surface area contributed by atoms with E-state index in [2.05, 4.69) is 35.0 Å². The van der Waals surface area contributed by atoms with Crippen molar-refractivity contribution in [3.05, 3.63) is 76.3 Å². The second-order valence-electron chi connectivity index (χ2n) is 8.78. The third-order valence-electron chi connectivity index (χ3n) is 6.33. The highest BCUT2D eigenvalue weighted by molar-refractivity contribution is 9.10. The molecule has 0 atom stereocenters. The van der Waals surface area contributed by atoms with Crippen molar-refractivity contribution in [3.8, 4) is 5.75 Å². The molecule has 1 saturated carbocycles. The normalized spacial score (nSPS) is 18.9. The van der Waals surface area contributed by atoms with Gasteiger partial charge in [0.2, 0.25) is 0 Å². The first-order chi connectivity index (χ1) is 15.1. The lowest BCUT2D eigenvalue weighted by Crippen LogP contribution is -2.13. The average molecular weight is 483 g/mol. The van der Waals surface area contributed by atoms with Gasteiger partial charge in [0.25, 0.3) is 0 Å². The zero-order valence-corrected chi connectivity index (χ0v) is 20.3. The molecular weight excluding hydrogens is 448 g/mol. The van der Waals surface area contributed by atoms with Gasteiger partial charge in [-0.2, -0.15) is 0 Å². The van der Waals surface area contributed by atoms with Gasteiger partial charge in [-0.25, -0.2) is 4.79 Å². The first-order valence-corrected chi connectivity index (χ1v) is 12.7. The van der Waals surface area contributed by atoms with Gasteiger partial charge in [0.1, 0.15) is 5.75 Å². The number of carbonyl (C=O) groups is 1. The SMILES string of the molecule is CCCCC[C@H]1CC[C@H](/C=C/CCc2ccc(C(=O)Oc3ccc(Br)cc3)cc2)CC1. The number of hydrogen-bond donors (Lipinski definition) is 0. The quantitative estimate of drug-likeness (QED) is 0.146. The highest BCUT2D eigenvalue weighted by atomic mass is 79.9. The van der Waals surface area contributed by atoms with Crippen molar-refractivity contribution >= 4 is 21.9 Å². The number of esters is 1. The van der Waals surface area contributed by atoms with Crippen molar-refractivity contribution in [1.82, 2.24) is 0 Å². The van der Waals surface area contributed by atoms with E-state index in [0.29, 0.717) is 11.3 Å². The third kappa shape index (κ3) is 8.29. The van der Waals surface area contributed by atoms with Crippen molar-refractivity contribution < 1.29 is 9.53 Å². The highest BCUT2D eigenvalue weighted by Crippen LogP contribution is 2.32. The van der Waals surface area contributed by atoms with Gasteiger partial charge < -0.3 is 4.74 Å². The molecule has 0 bridgehead atoms. The fraction of sp³-hybridized carbons (Fsp3) is 0.464. The summed E-state index contributed by atoms with van der Waals surface area (Å²) in [6, 6.07) is 15.1. The number of rotatable bonds is 10. The molecule has 0 radical (unpaired) electrons. The van der Waals surface area contributed by atoms with Crippen LogP contribution in [-0.2, 0) is 6.42 Å². The molecule has 2 aromatic rings. The molecule has 0 heterocycles. The second kappa shape index (κ2) is 12.9. The summed E-state index contributed by atoms with van der Waals surface area (Å²) in [6.07, 6.45) is 18.0. The molecule has 3 rings (SSSR count). The maximum atomic E-state index is 12.3. The number of allylic oxidation sites excluding steroid dienone is 2. The minimum atomic E-state index is -0.320. The average Bonchev–Trinajstić information content (AvgIpc) is 2.80. The molecule has 0 saturated heterocycles. The van der Waals surface area contributed by atoms with Crippen molar-refractivity contribution in [2.75, 3.05) is 0 Å². The Morgan fingerprint density at radius 1 is 1.00 bits per heavy atom. The smallest absolute Gasteiger partial charge is 0.343 e. The molecule has 0 N–H and O–H groups in total. The number of ether oxygens (including phenoxy) is 1. The number of carbonyl (C=O) groups excluding carboxylic acids is 1. The molecule has 31 heavy (non-hydrogen) atoms. The minimum absolute atomic E-state index is 0.320. The van der Waals surface area contributed by atoms with E-state index in [1.54, 1.807) is 12.1 Å². The van der Waals surface area contributed by atoms with Crippen LogP contribution in [0.2, 0.25) is 0 Å². The van der Waals surface area contributed by atoms with Crippen molar-refractivity contribution in [1.29, 1.82) is 0 Å². The Morgan fingerprint density at radius 3 is 2.39 bits per heavy atom. The molecule has 0 spiro atoms. The van der Waals surface area contributed by atoms with E-state index >= 15 is 0 Å². The summed E-state index contributed by atoms with van der Waals surface area (Å²) in [6.45, 7) is 2.29. The molecule has 1 aliphatic rings. The predicted octanol–water partition coefficient (Wildman–Crippen LogP) is 8.54. The minimum Gasteiger partial charge on any atom is -0.423 e. The van der Waals surface area contributed by atoms with E-state index in [1.807, 2.05) is 36.4 Å². The molecule has 2 nitrogen and oxygen atoms in total. The Kier molecular flexibility index (Phi) is 9.86. The Balaban J connectivity index is 1.36. The first-order valence-electron chi connectivity index (χ1n) is 11.9. The highest BCUT2D eigenvalue weighted by Gasteiger charge is 2.18. The van der Waals surface area contributed by atoms with E-state index in [0.717, 1.165) is 29.2 Å². The predicted molar refractivity (Wildman–Crippen MR) is 133 cm³/mol. The van der Waals surface area contributed by atoms with Crippen LogP contribution in [0.1, 0.15) is 80.6 Å². The molecule has 1 fully saturated rings. The maximum absolute atomic E-state index is 12.3. The zero-order valence-electron chi connectivity index (χ0n) is 18.7. The first kappa shape index (κ1) is 23.8. The molecule has 0 aliphatic heterocycles. The standard InChI is InChI=1S/C28H35BrO2/c1-2-3-4-7-22-10-12-23(13-11-22)8-5-6-9-24-14-16-25(17-15-24)28(30)31-27-20-18-26(29)19-21-27/h5,8,14-23H,2-4,6-7,9-13H2,1H3/b8-5+/t22-,23-. The lowest BCUT2D eigenvalue weighted by atomic mass is 9.79. The summed E-state index contributed by atoms with van der Waals surface area (Å²) < 4.78 is 6.38. The van der Waals surface area contributed by atoms with Gasteiger partial charge in [-0.15, -0.1) is 0 Å². The van der Waals surface area contributed by atoms with Crippen molar-refractivity contribution in [2.45, 2.75) is 71.1 Å². The van der Waals surface area contributed by atoms with Crippen molar-refractivity contribution in [3.63, 3.8) is 0 Å². The van der Waals surface area contributed by atoms with Gasteiger partial charge in [-0.3, -0.25) is 0 Å². The van der Waals surface area contributed by atoms with Crippen LogP contribution in [0.15, 0.2) is 65.2 Å². The molecule has 166 valence electrons. The van der Waals surface area contributed by atoms with Crippen LogP contribution < -0.4 is 4.74 Å². The Morgan fingerprint density at radius 2 is 1.71 bits per heavy atom. The fourth-order valence-corrected chi connectivity index (χ4v) is 4.63. The topological polar surface area (TPSA) is 26.3 Å². The Labute approximate surface area is 196 Å².